The summed E-state index contributed by atoms with van der Waals surface area (Å²) < 4.78 is 14.7. The van der Waals surface area contributed by atoms with Crippen molar-refractivity contribution < 1.29 is 4.39 Å². The summed E-state index contributed by atoms with van der Waals surface area (Å²) in [4.78, 5) is 10.9. The van der Waals surface area contributed by atoms with Crippen LogP contribution >= 0.6 is 15.9 Å². The fourth-order valence-corrected chi connectivity index (χ4v) is 3.39. The van der Waals surface area contributed by atoms with E-state index in [1.165, 1.54) is 0 Å². The van der Waals surface area contributed by atoms with Gasteiger partial charge in [-0.2, -0.15) is 0 Å². The molecule has 2 aromatic heterocycles. The van der Waals surface area contributed by atoms with E-state index in [-0.39, 0.29) is 5.82 Å². The fourth-order valence-electron chi connectivity index (χ4n) is 3.02. The molecule has 0 aliphatic carbocycles. The first kappa shape index (κ1) is 13.6. The summed E-state index contributed by atoms with van der Waals surface area (Å²) in [5, 5.41) is 2.15. The largest absolute Gasteiger partial charge is 0.351 e. The Balaban J connectivity index is 1.77. The molecule has 0 fully saturated rings. The van der Waals surface area contributed by atoms with Crippen molar-refractivity contribution in [2.75, 3.05) is 11.4 Å². The van der Waals surface area contributed by atoms with E-state index in [9.17, 15) is 4.39 Å². The molecule has 0 N–H and O–H groups in total. The third-order valence-corrected chi connectivity index (χ3v) is 4.74. The Morgan fingerprint density at radius 2 is 2.05 bits per heavy atom. The topological polar surface area (TPSA) is 29.0 Å². The molecular weight excluding hydrogens is 345 g/mol. The molecular formula is C17H13BrFN3. The zero-order chi connectivity index (χ0) is 15.1. The number of fused-ring (bicyclic) bond motifs is 2. The monoisotopic (exact) mass is 357 g/mol. The van der Waals surface area contributed by atoms with Crippen molar-refractivity contribution in [3.05, 3.63) is 64.3 Å². The molecule has 1 aromatic carbocycles. The molecule has 0 bridgehead atoms. The predicted molar refractivity (Wildman–Crippen MR) is 88.4 cm³/mol. The normalized spacial score (nSPS) is 14.2. The first-order chi connectivity index (χ1) is 10.7. The highest BCUT2D eigenvalue weighted by atomic mass is 79.9. The van der Waals surface area contributed by atoms with Crippen LogP contribution in [-0.2, 0) is 13.0 Å². The predicted octanol–water partition coefficient (Wildman–Crippen LogP) is 4.09. The highest BCUT2D eigenvalue weighted by Crippen LogP contribution is 2.31. The molecule has 0 atom stereocenters. The lowest BCUT2D eigenvalue weighted by Gasteiger charge is -2.31. The van der Waals surface area contributed by atoms with Gasteiger partial charge in [-0.3, -0.25) is 4.98 Å². The molecule has 0 unspecified atom stereocenters. The van der Waals surface area contributed by atoms with Gasteiger partial charge in [0.15, 0.2) is 0 Å². The quantitative estimate of drug-likeness (QED) is 0.656. The van der Waals surface area contributed by atoms with Crippen molar-refractivity contribution in [1.82, 2.24) is 9.97 Å². The van der Waals surface area contributed by atoms with Crippen LogP contribution in [0.5, 0.6) is 0 Å². The summed E-state index contributed by atoms with van der Waals surface area (Å²) in [5.41, 5.74) is 1.84. The van der Waals surface area contributed by atoms with Crippen LogP contribution < -0.4 is 4.90 Å². The van der Waals surface area contributed by atoms with Crippen LogP contribution in [-0.4, -0.2) is 16.5 Å². The molecule has 4 rings (SSSR count). The third kappa shape index (κ3) is 2.16. The number of aromatic nitrogens is 2. The molecule has 3 aromatic rings. The van der Waals surface area contributed by atoms with E-state index >= 15 is 0 Å². The number of hydrogen-bond acceptors (Lipinski definition) is 3. The Bertz CT molecular complexity index is 860. The van der Waals surface area contributed by atoms with E-state index in [1.807, 2.05) is 24.4 Å². The van der Waals surface area contributed by atoms with Gasteiger partial charge in [-0.1, -0.05) is 6.07 Å². The van der Waals surface area contributed by atoms with Crippen LogP contribution in [0.4, 0.5) is 10.2 Å². The standard InChI is InChI=1S/C17H13BrFN3/c18-15-2-1-12-10-22(8-5-13(12)16(15)19)17-14-4-6-20-9-11(14)3-7-21-17/h1-4,6-7,9H,5,8,10H2. The van der Waals surface area contributed by atoms with Crippen molar-refractivity contribution in [3.63, 3.8) is 0 Å². The summed E-state index contributed by atoms with van der Waals surface area (Å²) in [6.45, 7) is 1.43. The van der Waals surface area contributed by atoms with E-state index in [2.05, 4.69) is 30.8 Å². The van der Waals surface area contributed by atoms with Crippen LogP contribution in [0.25, 0.3) is 10.8 Å². The number of halogens is 2. The number of hydrogen-bond donors (Lipinski definition) is 0. The molecule has 1 aliphatic rings. The molecule has 3 nitrogen and oxygen atoms in total. The molecule has 5 heteroatoms. The molecule has 1 aliphatic heterocycles. The number of nitrogens with zero attached hydrogens (tertiary/aromatic N) is 3. The van der Waals surface area contributed by atoms with Gasteiger partial charge in [-0.05, 0) is 51.7 Å². The van der Waals surface area contributed by atoms with E-state index in [0.717, 1.165) is 34.3 Å². The van der Waals surface area contributed by atoms with Crippen molar-refractivity contribution >= 4 is 32.5 Å². The van der Waals surface area contributed by atoms with Gasteiger partial charge >= 0.3 is 0 Å². The lowest BCUT2D eigenvalue weighted by atomic mass is 9.99. The summed E-state index contributed by atoms with van der Waals surface area (Å²) in [6.07, 6.45) is 6.11. The minimum absolute atomic E-state index is 0.132. The lowest BCUT2D eigenvalue weighted by Crippen LogP contribution is -2.31. The first-order valence-corrected chi connectivity index (χ1v) is 7.93. The smallest absolute Gasteiger partial charge is 0.140 e. The average Bonchev–Trinajstić information content (AvgIpc) is 2.57. The van der Waals surface area contributed by atoms with Gasteiger partial charge < -0.3 is 4.90 Å². The first-order valence-electron chi connectivity index (χ1n) is 7.13. The van der Waals surface area contributed by atoms with E-state index in [4.69, 9.17) is 0 Å². The van der Waals surface area contributed by atoms with Gasteiger partial charge in [-0.25, -0.2) is 9.37 Å². The Morgan fingerprint density at radius 3 is 2.95 bits per heavy atom. The minimum Gasteiger partial charge on any atom is -0.351 e. The SMILES string of the molecule is Fc1c(Br)ccc2c1CCN(c1nccc3cnccc13)C2. The molecule has 0 radical (unpaired) electrons. The highest BCUT2D eigenvalue weighted by Gasteiger charge is 2.22. The number of benzene rings is 1. The highest BCUT2D eigenvalue weighted by molar-refractivity contribution is 9.10. The van der Waals surface area contributed by atoms with Crippen molar-refractivity contribution in [1.29, 1.82) is 0 Å². The fraction of sp³-hybridized carbons (Fsp3) is 0.176. The van der Waals surface area contributed by atoms with Crippen molar-refractivity contribution in [2.24, 2.45) is 0 Å². The van der Waals surface area contributed by atoms with Gasteiger partial charge in [0, 0.05) is 42.5 Å². The van der Waals surface area contributed by atoms with Crippen LogP contribution in [0.3, 0.4) is 0 Å². The van der Waals surface area contributed by atoms with E-state index in [0.29, 0.717) is 17.4 Å². The molecule has 22 heavy (non-hydrogen) atoms. The summed E-state index contributed by atoms with van der Waals surface area (Å²) in [6, 6.07) is 7.70. The van der Waals surface area contributed by atoms with Gasteiger partial charge in [0.25, 0.3) is 0 Å². The second-order valence-corrected chi connectivity index (χ2v) is 6.26. The lowest BCUT2D eigenvalue weighted by molar-refractivity contribution is 0.584. The molecule has 0 amide bonds. The van der Waals surface area contributed by atoms with E-state index < -0.39 is 0 Å². The van der Waals surface area contributed by atoms with Crippen molar-refractivity contribution in [2.45, 2.75) is 13.0 Å². The van der Waals surface area contributed by atoms with Gasteiger partial charge in [0.05, 0.1) is 4.47 Å². The van der Waals surface area contributed by atoms with Crippen LogP contribution in [0, 0.1) is 5.82 Å². The van der Waals surface area contributed by atoms with E-state index in [1.54, 1.807) is 18.5 Å². The molecule has 110 valence electrons. The molecule has 0 saturated carbocycles. The Hall–Kier alpha value is -2.01. The Morgan fingerprint density at radius 1 is 1.14 bits per heavy atom. The van der Waals surface area contributed by atoms with Gasteiger partial charge in [0.2, 0.25) is 0 Å². The summed E-state index contributed by atoms with van der Waals surface area (Å²) in [7, 11) is 0. The van der Waals surface area contributed by atoms with Crippen LogP contribution in [0.15, 0.2) is 47.3 Å². The summed E-state index contributed by atoms with van der Waals surface area (Å²) >= 11 is 3.26. The number of rotatable bonds is 1. The number of pyridine rings is 2. The zero-order valence-electron chi connectivity index (χ0n) is 11.8. The minimum atomic E-state index is -0.132. The van der Waals surface area contributed by atoms with Crippen molar-refractivity contribution in [3.8, 4) is 0 Å². The van der Waals surface area contributed by atoms with Gasteiger partial charge in [0.1, 0.15) is 11.6 Å². The van der Waals surface area contributed by atoms with Gasteiger partial charge in [-0.15, -0.1) is 0 Å². The maximum absolute atomic E-state index is 14.2. The van der Waals surface area contributed by atoms with Crippen LogP contribution in [0.2, 0.25) is 0 Å². The number of anilines is 1. The summed E-state index contributed by atoms with van der Waals surface area (Å²) in [5.74, 6) is 0.807. The maximum Gasteiger partial charge on any atom is 0.140 e. The average molecular weight is 358 g/mol. The second kappa shape index (κ2) is 5.32. The maximum atomic E-state index is 14.2. The zero-order valence-corrected chi connectivity index (χ0v) is 13.3. The molecule has 0 spiro atoms. The third-order valence-electron chi connectivity index (χ3n) is 4.13. The molecule has 0 saturated heterocycles. The Labute approximate surface area is 135 Å². The van der Waals surface area contributed by atoms with Crippen LogP contribution in [0.1, 0.15) is 11.1 Å². The second-order valence-electron chi connectivity index (χ2n) is 5.40. The Kier molecular flexibility index (Phi) is 3.30. The molecule has 3 heterocycles.